The summed E-state index contributed by atoms with van der Waals surface area (Å²) in [7, 11) is 0. The summed E-state index contributed by atoms with van der Waals surface area (Å²) in [5, 5.41) is 2.86. The third kappa shape index (κ3) is 3.38. The molecule has 0 unspecified atom stereocenters. The van der Waals surface area contributed by atoms with Gasteiger partial charge in [0, 0.05) is 16.4 Å². The smallest absolute Gasteiger partial charge is 0.272 e. The van der Waals surface area contributed by atoms with E-state index in [4.69, 9.17) is 4.74 Å². The van der Waals surface area contributed by atoms with Crippen LogP contribution in [0.5, 0.6) is 5.75 Å². The molecule has 100 valence electrons. The lowest BCUT2D eigenvalue weighted by molar-refractivity contribution is 0.102. The maximum atomic E-state index is 12.0. The average Bonchev–Trinajstić information content (AvgIpc) is 2.80. The van der Waals surface area contributed by atoms with Crippen LogP contribution in [0.3, 0.4) is 0 Å². The number of anilines is 1. The lowest BCUT2D eigenvalue weighted by Crippen LogP contribution is -2.13. The van der Waals surface area contributed by atoms with Gasteiger partial charge in [-0.2, -0.15) is 0 Å². The molecule has 0 bridgehead atoms. The Balaban J connectivity index is 2.13. The fraction of sp³-hybridized carbons (Fsp3) is 0.214. The quantitative estimate of drug-likeness (QED) is 0.901. The van der Waals surface area contributed by atoms with Gasteiger partial charge in [0.2, 0.25) is 0 Å². The highest BCUT2D eigenvalue weighted by molar-refractivity contribution is 9.10. The summed E-state index contributed by atoms with van der Waals surface area (Å²) in [6, 6.07) is 7.33. The van der Waals surface area contributed by atoms with Crippen LogP contribution in [0, 0.1) is 6.92 Å². The minimum Gasteiger partial charge on any atom is -0.494 e. The van der Waals surface area contributed by atoms with Crippen molar-refractivity contribution in [2.45, 2.75) is 13.8 Å². The molecular formula is C14H15BrN2O2. The topological polar surface area (TPSA) is 54.1 Å². The van der Waals surface area contributed by atoms with Crippen LogP contribution in [0.25, 0.3) is 0 Å². The van der Waals surface area contributed by atoms with Gasteiger partial charge in [0.15, 0.2) is 0 Å². The van der Waals surface area contributed by atoms with Crippen molar-refractivity contribution in [2.24, 2.45) is 0 Å². The van der Waals surface area contributed by atoms with Crippen molar-refractivity contribution in [3.8, 4) is 5.75 Å². The number of carbonyl (C=O) groups is 1. The van der Waals surface area contributed by atoms with Gasteiger partial charge in [-0.05, 0) is 59.6 Å². The molecular weight excluding hydrogens is 308 g/mol. The average molecular weight is 323 g/mol. The Labute approximate surface area is 120 Å². The summed E-state index contributed by atoms with van der Waals surface area (Å²) in [4.78, 5) is 14.9. The van der Waals surface area contributed by atoms with E-state index in [1.165, 1.54) is 0 Å². The summed E-state index contributed by atoms with van der Waals surface area (Å²) >= 11 is 3.30. The van der Waals surface area contributed by atoms with Crippen molar-refractivity contribution in [1.29, 1.82) is 0 Å². The summed E-state index contributed by atoms with van der Waals surface area (Å²) in [6.07, 6.45) is 1.72. The number of H-pyrrole nitrogens is 1. The Kier molecular flexibility index (Phi) is 4.27. The first kappa shape index (κ1) is 13.7. The monoisotopic (exact) mass is 322 g/mol. The number of carbonyl (C=O) groups excluding carboxylic acids is 1. The number of hydrogen-bond donors (Lipinski definition) is 2. The third-order valence-electron chi connectivity index (χ3n) is 2.65. The van der Waals surface area contributed by atoms with Gasteiger partial charge >= 0.3 is 0 Å². The molecule has 5 heteroatoms. The highest BCUT2D eigenvalue weighted by Crippen LogP contribution is 2.22. The summed E-state index contributed by atoms with van der Waals surface area (Å²) < 4.78 is 6.26. The van der Waals surface area contributed by atoms with Crippen LogP contribution in [0.4, 0.5) is 5.69 Å². The SMILES string of the molecule is CCOc1ccc(NC(=O)c2cc(Br)c[nH]2)c(C)c1. The molecule has 0 radical (unpaired) electrons. The number of benzene rings is 1. The molecule has 0 fully saturated rings. The van der Waals surface area contributed by atoms with E-state index in [-0.39, 0.29) is 5.91 Å². The number of halogens is 1. The van der Waals surface area contributed by atoms with Crippen LogP contribution < -0.4 is 10.1 Å². The van der Waals surface area contributed by atoms with Crippen molar-refractivity contribution in [3.05, 3.63) is 46.2 Å². The van der Waals surface area contributed by atoms with E-state index in [0.717, 1.165) is 21.5 Å². The Hall–Kier alpha value is -1.75. The van der Waals surface area contributed by atoms with Gasteiger partial charge in [0.05, 0.1) is 6.61 Å². The number of hydrogen-bond acceptors (Lipinski definition) is 2. The zero-order valence-electron chi connectivity index (χ0n) is 10.8. The molecule has 2 rings (SSSR count). The number of aryl methyl sites for hydroxylation is 1. The molecule has 0 saturated carbocycles. The molecule has 0 aliphatic carbocycles. The van der Waals surface area contributed by atoms with Crippen molar-refractivity contribution in [2.75, 3.05) is 11.9 Å². The summed E-state index contributed by atoms with van der Waals surface area (Å²) in [6.45, 7) is 4.50. The van der Waals surface area contributed by atoms with Gasteiger partial charge in [-0.25, -0.2) is 0 Å². The maximum Gasteiger partial charge on any atom is 0.272 e. The maximum absolute atomic E-state index is 12.0. The highest BCUT2D eigenvalue weighted by Gasteiger charge is 2.10. The van der Waals surface area contributed by atoms with E-state index in [2.05, 4.69) is 26.2 Å². The summed E-state index contributed by atoms with van der Waals surface area (Å²) in [5.41, 5.74) is 2.25. The second-order valence-electron chi connectivity index (χ2n) is 4.10. The Morgan fingerprint density at radius 3 is 2.79 bits per heavy atom. The van der Waals surface area contributed by atoms with Crippen LogP contribution in [-0.2, 0) is 0 Å². The largest absolute Gasteiger partial charge is 0.494 e. The number of nitrogens with one attached hydrogen (secondary N) is 2. The lowest BCUT2D eigenvalue weighted by Gasteiger charge is -2.10. The second-order valence-corrected chi connectivity index (χ2v) is 5.01. The molecule has 0 saturated heterocycles. The molecule has 1 aromatic heterocycles. The van der Waals surface area contributed by atoms with Crippen LogP contribution in [0.1, 0.15) is 23.0 Å². The number of rotatable bonds is 4. The lowest BCUT2D eigenvalue weighted by atomic mass is 10.2. The fourth-order valence-corrected chi connectivity index (χ4v) is 2.06. The minimum atomic E-state index is -0.169. The van der Waals surface area contributed by atoms with E-state index >= 15 is 0 Å². The van der Waals surface area contributed by atoms with E-state index in [9.17, 15) is 4.79 Å². The Bertz CT molecular complexity index is 593. The first-order valence-electron chi connectivity index (χ1n) is 5.99. The molecule has 2 N–H and O–H groups in total. The van der Waals surface area contributed by atoms with Crippen LogP contribution in [0.15, 0.2) is 34.9 Å². The molecule has 1 amide bonds. The van der Waals surface area contributed by atoms with E-state index in [1.807, 2.05) is 32.0 Å². The molecule has 4 nitrogen and oxygen atoms in total. The first-order chi connectivity index (χ1) is 9.10. The van der Waals surface area contributed by atoms with Crippen LogP contribution >= 0.6 is 15.9 Å². The summed E-state index contributed by atoms with van der Waals surface area (Å²) in [5.74, 6) is 0.638. The number of ether oxygens (including phenoxy) is 1. The Morgan fingerprint density at radius 2 is 2.21 bits per heavy atom. The molecule has 2 aromatic rings. The molecule has 0 aliphatic rings. The molecule has 1 aromatic carbocycles. The molecule has 0 aliphatic heterocycles. The zero-order valence-corrected chi connectivity index (χ0v) is 12.4. The third-order valence-corrected chi connectivity index (χ3v) is 3.11. The van der Waals surface area contributed by atoms with E-state index in [0.29, 0.717) is 12.3 Å². The molecule has 1 heterocycles. The van der Waals surface area contributed by atoms with Crippen molar-refractivity contribution in [3.63, 3.8) is 0 Å². The Morgan fingerprint density at radius 1 is 1.42 bits per heavy atom. The highest BCUT2D eigenvalue weighted by atomic mass is 79.9. The molecule has 19 heavy (non-hydrogen) atoms. The van der Waals surface area contributed by atoms with Crippen molar-refractivity contribution in [1.82, 2.24) is 4.98 Å². The fourth-order valence-electron chi connectivity index (χ4n) is 1.72. The van der Waals surface area contributed by atoms with E-state index in [1.54, 1.807) is 12.3 Å². The van der Waals surface area contributed by atoms with E-state index < -0.39 is 0 Å². The van der Waals surface area contributed by atoms with Gasteiger partial charge in [-0.15, -0.1) is 0 Å². The van der Waals surface area contributed by atoms with Gasteiger partial charge in [0.1, 0.15) is 11.4 Å². The predicted octanol–water partition coefficient (Wildman–Crippen LogP) is 3.74. The molecule has 0 spiro atoms. The molecule has 0 atom stereocenters. The van der Waals surface area contributed by atoms with Gasteiger partial charge in [0.25, 0.3) is 5.91 Å². The van der Waals surface area contributed by atoms with Gasteiger partial charge in [-0.3, -0.25) is 4.79 Å². The van der Waals surface area contributed by atoms with Gasteiger partial charge in [-0.1, -0.05) is 0 Å². The minimum absolute atomic E-state index is 0.169. The second kappa shape index (κ2) is 5.93. The van der Waals surface area contributed by atoms with Crippen molar-refractivity contribution < 1.29 is 9.53 Å². The van der Waals surface area contributed by atoms with Gasteiger partial charge < -0.3 is 15.0 Å². The standard InChI is InChI=1S/C14H15BrN2O2/c1-3-19-11-4-5-12(9(2)6-11)17-14(18)13-7-10(15)8-16-13/h4-8,16H,3H2,1-2H3,(H,17,18). The normalized spacial score (nSPS) is 10.3. The van der Waals surface area contributed by atoms with Crippen molar-refractivity contribution >= 4 is 27.5 Å². The number of aromatic amines is 1. The number of aromatic nitrogens is 1. The predicted molar refractivity (Wildman–Crippen MR) is 78.8 cm³/mol. The first-order valence-corrected chi connectivity index (χ1v) is 6.78. The zero-order chi connectivity index (χ0) is 13.8. The number of amides is 1. The van der Waals surface area contributed by atoms with Crippen LogP contribution in [0.2, 0.25) is 0 Å². The van der Waals surface area contributed by atoms with Crippen LogP contribution in [-0.4, -0.2) is 17.5 Å².